The Bertz CT molecular complexity index is 152. The maximum Gasteiger partial charge on any atom is 0.103 e. The molecule has 0 saturated heterocycles. The van der Waals surface area contributed by atoms with Crippen molar-refractivity contribution in [1.29, 1.82) is 0 Å². The zero-order chi connectivity index (χ0) is 7.28. The standard InChI is InChI=1S/C6H11N3/c1-5-6(2)7-8-9(3)4/h1H2,2-4H3. The maximum atomic E-state index is 3.74. The van der Waals surface area contributed by atoms with Crippen LogP contribution in [0.4, 0.5) is 0 Å². The van der Waals surface area contributed by atoms with Gasteiger partial charge in [0.1, 0.15) is 5.70 Å². The van der Waals surface area contributed by atoms with Gasteiger partial charge in [0.05, 0.1) is 0 Å². The van der Waals surface area contributed by atoms with Gasteiger partial charge in [-0.1, -0.05) is 11.8 Å². The van der Waals surface area contributed by atoms with Crippen LogP contribution in [0.1, 0.15) is 6.92 Å². The molecule has 0 heterocycles. The van der Waals surface area contributed by atoms with Crippen molar-refractivity contribution in [1.82, 2.24) is 5.01 Å². The van der Waals surface area contributed by atoms with Crippen molar-refractivity contribution in [3.63, 3.8) is 0 Å². The van der Waals surface area contributed by atoms with Gasteiger partial charge in [-0.25, -0.2) is 0 Å². The highest BCUT2D eigenvalue weighted by Crippen LogP contribution is 1.91. The molecule has 0 amide bonds. The first kappa shape index (κ1) is 7.92. The molecule has 0 aromatic heterocycles. The number of rotatable bonds is 2. The molecule has 0 bridgehead atoms. The van der Waals surface area contributed by atoms with Crippen LogP contribution in [0.3, 0.4) is 0 Å². The van der Waals surface area contributed by atoms with E-state index in [1.165, 1.54) is 0 Å². The third-order valence-corrected chi connectivity index (χ3v) is 0.629. The van der Waals surface area contributed by atoms with Gasteiger partial charge in [-0.2, -0.15) is 0 Å². The van der Waals surface area contributed by atoms with Gasteiger partial charge >= 0.3 is 0 Å². The van der Waals surface area contributed by atoms with Crippen LogP contribution in [0.15, 0.2) is 28.3 Å². The minimum Gasteiger partial charge on any atom is -0.285 e. The highest BCUT2D eigenvalue weighted by atomic mass is 15.5. The fourth-order valence-electron chi connectivity index (χ4n) is 0.192. The molecule has 0 unspecified atom stereocenters. The van der Waals surface area contributed by atoms with E-state index in [2.05, 4.69) is 22.6 Å². The van der Waals surface area contributed by atoms with Gasteiger partial charge in [0.2, 0.25) is 0 Å². The molecular weight excluding hydrogens is 114 g/mol. The topological polar surface area (TPSA) is 28.0 Å². The van der Waals surface area contributed by atoms with Crippen molar-refractivity contribution in [2.24, 2.45) is 10.3 Å². The molecule has 9 heavy (non-hydrogen) atoms. The molecule has 0 aromatic carbocycles. The van der Waals surface area contributed by atoms with Crippen molar-refractivity contribution >= 4 is 0 Å². The number of hydrogen-bond donors (Lipinski definition) is 0. The molecule has 0 fully saturated rings. The third kappa shape index (κ3) is 4.78. The largest absolute Gasteiger partial charge is 0.285 e. The number of nitrogens with zero attached hydrogens (tertiary/aromatic N) is 3. The fourth-order valence-corrected chi connectivity index (χ4v) is 0.192. The van der Waals surface area contributed by atoms with Crippen LogP contribution in [-0.2, 0) is 0 Å². The maximum absolute atomic E-state index is 3.74. The summed E-state index contributed by atoms with van der Waals surface area (Å²) in [5.74, 6) is 0. The molecule has 0 rings (SSSR count). The lowest BCUT2D eigenvalue weighted by atomic mass is 10.6. The average Bonchev–Trinajstić information content (AvgIpc) is 1.83. The molecule has 0 radical (unpaired) electrons. The van der Waals surface area contributed by atoms with Gasteiger partial charge in [-0.3, -0.25) is 5.01 Å². The second-order valence-electron chi connectivity index (χ2n) is 1.80. The van der Waals surface area contributed by atoms with E-state index in [9.17, 15) is 0 Å². The van der Waals surface area contributed by atoms with E-state index in [0.717, 1.165) is 0 Å². The van der Waals surface area contributed by atoms with Crippen molar-refractivity contribution in [2.45, 2.75) is 6.92 Å². The first-order valence-corrected chi connectivity index (χ1v) is 2.62. The molecule has 0 aromatic rings. The summed E-state index contributed by atoms with van der Waals surface area (Å²) in [6.07, 6.45) is 0. The summed E-state index contributed by atoms with van der Waals surface area (Å²) < 4.78 is 0. The minimum atomic E-state index is 0.698. The molecular formula is C6H11N3. The van der Waals surface area contributed by atoms with Crippen LogP contribution in [0.25, 0.3) is 0 Å². The summed E-state index contributed by atoms with van der Waals surface area (Å²) in [5.41, 5.74) is 3.30. The Morgan fingerprint density at radius 2 is 2.11 bits per heavy atom. The first-order chi connectivity index (χ1) is 4.16. The van der Waals surface area contributed by atoms with Gasteiger partial charge < -0.3 is 0 Å². The van der Waals surface area contributed by atoms with E-state index in [4.69, 9.17) is 0 Å². The van der Waals surface area contributed by atoms with Crippen molar-refractivity contribution in [3.05, 3.63) is 18.0 Å². The van der Waals surface area contributed by atoms with E-state index >= 15 is 0 Å². The Kier molecular flexibility index (Phi) is 3.40. The lowest BCUT2D eigenvalue weighted by Gasteiger charge is -1.98. The SMILES string of the molecule is C=C=C(C)N=NN(C)C. The molecule has 0 aliphatic rings. The molecule has 0 N–H and O–H groups in total. The predicted octanol–water partition coefficient (Wildman–Crippen LogP) is 1.60. The van der Waals surface area contributed by atoms with Crippen molar-refractivity contribution in [2.75, 3.05) is 14.1 Å². The predicted molar refractivity (Wildman–Crippen MR) is 36.9 cm³/mol. The van der Waals surface area contributed by atoms with Gasteiger partial charge in [0, 0.05) is 14.1 Å². The Morgan fingerprint density at radius 1 is 1.56 bits per heavy atom. The lowest BCUT2D eigenvalue weighted by Crippen LogP contribution is -1.99. The Morgan fingerprint density at radius 3 is 2.44 bits per heavy atom. The Hall–Kier alpha value is -1.08. The quantitative estimate of drug-likeness (QED) is 0.313. The molecule has 0 spiro atoms. The van der Waals surface area contributed by atoms with Gasteiger partial charge in [-0.05, 0) is 6.92 Å². The monoisotopic (exact) mass is 125 g/mol. The highest BCUT2D eigenvalue weighted by molar-refractivity contribution is 4.89. The zero-order valence-electron chi connectivity index (χ0n) is 6.05. The van der Waals surface area contributed by atoms with Crippen LogP contribution in [-0.4, -0.2) is 19.1 Å². The van der Waals surface area contributed by atoms with E-state index < -0.39 is 0 Å². The van der Waals surface area contributed by atoms with E-state index in [1.807, 2.05) is 0 Å². The molecule has 50 valence electrons. The van der Waals surface area contributed by atoms with Crippen LogP contribution >= 0.6 is 0 Å². The molecule has 0 atom stereocenters. The Balaban J connectivity index is 3.86. The van der Waals surface area contributed by atoms with Gasteiger partial charge in [-0.15, -0.1) is 10.8 Å². The zero-order valence-corrected chi connectivity index (χ0v) is 6.05. The molecule has 0 saturated carbocycles. The summed E-state index contributed by atoms with van der Waals surface area (Å²) in [4.78, 5) is 0. The average molecular weight is 125 g/mol. The number of allylic oxidation sites excluding steroid dienone is 1. The Labute approximate surface area is 55.4 Å². The second kappa shape index (κ2) is 3.87. The third-order valence-electron chi connectivity index (χ3n) is 0.629. The van der Waals surface area contributed by atoms with E-state index in [1.54, 1.807) is 26.0 Å². The van der Waals surface area contributed by atoms with E-state index in [-0.39, 0.29) is 0 Å². The summed E-state index contributed by atoms with van der Waals surface area (Å²) in [6.45, 7) is 5.20. The summed E-state index contributed by atoms with van der Waals surface area (Å²) in [7, 11) is 3.61. The smallest absolute Gasteiger partial charge is 0.103 e. The second-order valence-corrected chi connectivity index (χ2v) is 1.80. The summed E-state index contributed by atoms with van der Waals surface area (Å²) in [6, 6.07) is 0. The molecule has 3 nitrogen and oxygen atoms in total. The van der Waals surface area contributed by atoms with Crippen LogP contribution in [0.5, 0.6) is 0 Å². The normalized spacial score (nSPS) is 9.22. The lowest BCUT2D eigenvalue weighted by molar-refractivity contribution is 0.405. The van der Waals surface area contributed by atoms with Gasteiger partial charge in [0.25, 0.3) is 0 Å². The molecule has 0 aliphatic heterocycles. The van der Waals surface area contributed by atoms with Crippen molar-refractivity contribution in [3.8, 4) is 0 Å². The van der Waals surface area contributed by atoms with Crippen molar-refractivity contribution < 1.29 is 0 Å². The first-order valence-electron chi connectivity index (χ1n) is 2.62. The summed E-state index contributed by atoms with van der Waals surface area (Å²) >= 11 is 0. The molecule has 0 aliphatic carbocycles. The van der Waals surface area contributed by atoms with E-state index in [0.29, 0.717) is 5.70 Å². The minimum absolute atomic E-state index is 0.698. The highest BCUT2D eigenvalue weighted by Gasteiger charge is 1.78. The number of hydrogen-bond acceptors (Lipinski definition) is 2. The van der Waals surface area contributed by atoms with Gasteiger partial charge in [0.15, 0.2) is 0 Å². The van der Waals surface area contributed by atoms with Crippen LogP contribution in [0.2, 0.25) is 0 Å². The fraction of sp³-hybridized carbons (Fsp3) is 0.500. The van der Waals surface area contributed by atoms with Crippen LogP contribution < -0.4 is 0 Å². The summed E-state index contributed by atoms with van der Waals surface area (Å²) in [5, 5.41) is 9.06. The van der Waals surface area contributed by atoms with Crippen LogP contribution in [0, 0.1) is 0 Å². The molecule has 3 heteroatoms.